The maximum atomic E-state index is 7.05. The van der Waals surface area contributed by atoms with Gasteiger partial charge in [-0.2, -0.15) is 0 Å². The first-order chi connectivity index (χ1) is 38.8. The van der Waals surface area contributed by atoms with Crippen molar-refractivity contribution in [3.8, 4) is 0 Å². The fourth-order valence-electron chi connectivity index (χ4n) is 11.4. The fraction of sp³-hybridized carbons (Fsp3) is 0.167. The molecule has 2 nitrogen and oxygen atoms in total. The number of halogens is 2. The Bertz CT molecular complexity index is 2910. The van der Waals surface area contributed by atoms with Gasteiger partial charge in [-0.25, -0.2) is 0 Å². The van der Waals surface area contributed by atoms with Crippen molar-refractivity contribution >= 4 is 77.3 Å². The zero-order chi connectivity index (χ0) is 56.2. The predicted molar refractivity (Wildman–Crippen MR) is 353 cm³/mol. The Balaban J connectivity index is 0.000000194. The summed E-state index contributed by atoms with van der Waals surface area (Å²) in [5.74, 6) is 0.377. The standard InChI is InChI=1S/2C36H36ClGeNSi/c2*1-27-25-32(34(28-17-9-5-10-18-28)29-19-11-6-12-20-29)36(39(38-37)40(2,3)4)33(26-27)35(30-21-13-7-14-22-30)31-23-15-8-16-24-31/h2*5-26,34-35H,1-4H3. The third kappa shape index (κ3) is 13.8. The third-order valence-electron chi connectivity index (χ3n) is 14.9. The van der Waals surface area contributed by atoms with Crippen molar-refractivity contribution in [2.75, 3.05) is 7.05 Å². The van der Waals surface area contributed by atoms with Crippen LogP contribution in [0.4, 0.5) is 11.4 Å². The second kappa shape index (κ2) is 27.1. The Kier molecular flexibility index (Phi) is 19.8. The van der Waals surface area contributed by atoms with Crippen molar-refractivity contribution in [3.05, 3.63) is 345 Å². The van der Waals surface area contributed by atoms with Crippen LogP contribution in [-0.4, -0.2) is 45.9 Å². The van der Waals surface area contributed by atoms with E-state index in [1.165, 1.54) is 89.3 Å². The van der Waals surface area contributed by atoms with Gasteiger partial charge in [0, 0.05) is 0 Å². The summed E-state index contributed by atoms with van der Waals surface area (Å²) in [5.41, 5.74) is 21.0. The van der Waals surface area contributed by atoms with Crippen LogP contribution in [0.3, 0.4) is 0 Å². The molecule has 0 heterocycles. The minimum absolute atomic E-state index is 0.0944. The minimum atomic E-state index is -1.85. The van der Waals surface area contributed by atoms with Crippen LogP contribution < -0.4 is 7.05 Å². The molecule has 0 fully saturated rings. The number of nitrogens with zero attached hydrogens (tertiary/aromatic N) is 2. The fourth-order valence-corrected chi connectivity index (χ4v) is 27.2. The van der Waals surface area contributed by atoms with Crippen LogP contribution in [0, 0.1) is 13.8 Å². The van der Waals surface area contributed by atoms with Crippen molar-refractivity contribution < 1.29 is 0 Å². The summed E-state index contributed by atoms with van der Waals surface area (Å²) in [6.07, 6.45) is 0. The average molecular weight is 1240 g/mol. The summed E-state index contributed by atoms with van der Waals surface area (Å²) in [6, 6.07) is 97.3. The van der Waals surface area contributed by atoms with Gasteiger partial charge >= 0.3 is 506 Å². The van der Waals surface area contributed by atoms with E-state index in [9.17, 15) is 0 Å². The first-order valence-corrected chi connectivity index (χ1v) is 42.1. The number of benzene rings is 10. The maximum absolute atomic E-state index is 7.05. The molecule has 10 aromatic rings. The van der Waals surface area contributed by atoms with E-state index >= 15 is 0 Å². The van der Waals surface area contributed by atoms with Crippen LogP contribution in [0.5, 0.6) is 0 Å². The summed E-state index contributed by atoms with van der Waals surface area (Å²) in [5, 5.41) is 0. The van der Waals surface area contributed by atoms with Crippen molar-refractivity contribution in [1.29, 1.82) is 0 Å². The Morgan fingerprint density at radius 1 is 0.275 bits per heavy atom. The predicted octanol–water partition coefficient (Wildman–Crippen LogP) is 19.5. The second-order valence-corrected chi connectivity index (χ2v) is 38.6. The number of anilines is 2. The quantitative estimate of drug-likeness (QED) is 0.0624. The zero-order valence-electron chi connectivity index (χ0n) is 47.4. The molecule has 0 saturated heterocycles. The van der Waals surface area contributed by atoms with Crippen LogP contribution in [-0.2, 0) is 0 Å². The van der Waals surface area contributed by atoms with Crippen molar-refractivity contribution in [1.82, 2.24) is 0 Å². The van der Waals surface area contributed by atoms with Gasteiger partial charge in [0.2, 0.25) is 0 Å². The number of hydrogen-bond donors (Lipinski definition) is 0. The monoisotopic (exact) mass is 1240 g/mol. The molecule has 0 atom stereocenters. The molecule has 0 aliphatic heterocycles. The molecule has 4 radical (unpaired) electrons. The molecule has 0 saturated carbocycles. The van der Waals surface area contributed by atoms with E-state index in [4.69, 9.17) is 20.0 Å². The van der Waals surface area contributed by atoms with Gasteiger partial charge in [0.05, 0.1) is 0 Å². The molecule has 0 N–H and O–H groups in total. The van der Waals surface area contributed by atoms with E-state index < -0.39 is 45.9 Å². The topological polar surface area (TPSA) is 6.48 Å². The molecule has 8 heteroatoms. The van der Waals surface area contributed by atoms with Gasteiger partial charge in [-0.1, -0.05) is 0 Å². The van der Waals surface area contributed by atoms with Gasteiger partial charge in [0.1, 0.15) is 0 Å². The molecule has 0 spiro atoms. The first kappa shape index (κ1) is 58.6. The molecule has 10 aromatic carbocycles. The van der Waals surface area contributed by atoms with Gasteiger partial charge in [0.25, 0.3) is 0 Å². The molecule has 0 amide bonds. The van der Waals surface area contributed by atoms with E-state index in [0.717, 1.165) is 0 Å². The Morgan fingerprint density at radius 3 is 0.550 bits per heavy atom. The van der Waals surface area contributed by atoms with Crippen LogP contribution in [0.2, 0.25) is 39.3 Å². The third-order valence-corrected chi connectivity index (χ3v) is 32.5. The molecule has 0 unspecified atom stereocenters. The van der Waals surface area contributed by atoms with Crippen molar-refractivity contribution in [3.63, 3.8) is 0 Å². The molecule has 0 aliphatic rings. The zero-order valence-corrected chi connectivity index (χ0v) is 55.1. The van der Waals surface area contributed by atoms with Crippen molar-refractivity contribution in [2.45, 2.75) is 76.8 Å². The molecule has 400 valence electrons. The molecule has 0 aliphatic carbocycles. The molecule has 80 heavy (non-hydrogen) atoms. The van der Waals surface area contributed by atoms with Gasteiger partial charge < -0.3 is 0 Å². The van der Waals surface area contributed by atoms with Crippen molar-refractivity contribution in [2.24, 2.45) is 0 Å². The summed E-state index contributed by atoms with van der Waals surface area (Å²) in [6.45, 7) is 19.0. The summed E-state index contributed by atoms with van der Waals surface area (Å²) < 4.78 is 5.30. The summed E-state index contributed by atoms with van der Waals surface area (Å²) in [4.78, 5) is 0. The van der Waals surface area contributed by atoms with Gasteiger partial charge in [-0.05, 0) is 0 Å². The Morgan fingerprint density at radius 2 is 0.425 bits per heavy atom. The van der Waals surface area contributed by atoms with Gasteiger partial charge in [-0.3, -0.25) is 0 Å². The van der Waals surface area contributed by atoms with Crippen LogP contribution in [0.1, 0.15) is 102 Å². The molecule has 10 rings (SSSR count). The van der Waals surface area contributed by atoms with E-state index in [2.05, 4.69) is 327 Å². The second-order valence-electron chi connectivity index (χ2n) is 22.8. The van der Waals surface area contributed by atoms with Crippen LogP contribution in [0.25, 0.3) is 0 Å². The van der Waals surface area contributed by atoms with E-state index in [-0.39, 0.29) is 23.7 Å². The Hall–Kier alpha value is -6.10. The molecule has 0 bridgehead atoms. The number of rotatable bonds is 18. The van der Waals surface area contributed by atoms with Gasteiger partial charge in [-0.15, -0.1) is 0 Å². The summed E-state index contributed by atoms with van der Waals surface area (Å²) in [7, 11) is 10.4. The first-order valence-electron chi connectivity index (χ1n) is 27.8. The average Bonchev–Trinajstić information content (AvgIpc) is 3.51. The normalized spacial score (nSPS) is 11.7. The molecule has 0 aromatic heterocycles. The van der Waals surface area contributed by atoms with Crippen LogP contribution >= 0.6 is 20.0 Å². The van der Waals surface area contributed by atoms with E-state index in [0.29, 0.717) is 0 Å². The van der Waals surface area contributed by atoms with E-state index in [1.807, 2.05) is 0 Å². The van der Waals surface area contributed by atoms with Gasteiger partial charge in [0.15, 0.2) is 0 Å². The summed E-state index contributed by atoms with van der Waals surface area (Å²) >= 11 is -1.79. The SMILES string of the molecule is Cc1cc(C(c2ccccc2)c2ccccc2)c([N]([Ge][Cl])[Si](C)(C)C)c(C(c2ccccc2)c2ccccc2)c1.Cc1cc(C(c2ccccc2)c2ccccc2)c([N]([Ge][Cl])[Si](C)(C)C)c(C(c2ccccc2)c2ccccc2)c1. The number of hydrogen-bond acceptors (Lipinski definition) is 2. The molecular weight excluding hydrogens is 1170 g/mol. The van der Waals surface area contributed by atoms with Crippen LogP contribution in [0.15, 0.2) is 267 Å². The number of aryl methyl sites for hydroxylation is 2. The Labute approximate surface area is 501 Å². The molecular formula is C72H72Cl2Ge2N2Si2. The van der Waals surface area contributed by atoms with E-state index in [1.54, 1.807) is 0 Å².